The summed E-state index contributed by atoms with van der Waals surface area (Å²) in [6.07, 6.45) is 11.1. The molecule has 2 unspecified atom stereocenters. The minimum atomic E-state index is 0.381. The summed E-state index contributed by atoms with van der Waals surface area (Å²) in [7, 11) is 0. The number of nitrogens with zero attached hydrogens (tertiary/aromatic N) is 1. The van der Waals surface area contributed by atoms with Crippen molar-refractivity contribution < 1.29 is 0 Å². The lowest BCUT2D eigenvalue weighted by atomic mass is 9.85. The summed E-state index contributed by atoms with van der Waals surface area (Å²) in [6.45, 7) is 11.8. The Balaban J connectivity index is 2.97. The molecular formula is C15H29N. The van der Waals surface area contributed by atoms with Crippen molar-refractivity contribution in [3.8, 4) is 0 Å². The van der Waals surface area contributed by atoms with Crippen LogP contribution in [0.15, 0.2) is 12.2 Å². The third-order valence-corrected chi connectivity index (χ3v) is 4.55. The molecule has 0 N–H and O–H groups in total. The highest BCUT2D eigenvalue weighted by atomic mass is 15.2. The van der Waals surface area contributed by atoms with Crippen LogP contribution < -0.4 is 0 Å². The maximum absolute atomic E-state index is 2.80. The zero-order chi connectivity index (χ0) is 12.2. The van der Waals surface area contributed by atoms with Crippen molar-refractivity contribution in [3.05, 3.63) is 12.2 Å². The molecule has 0 saturated heterocycles. The molecular weight excluding hydrogens is 194 g/mol. The molecule has 0 aromatic carbocycles. The van der Waals surface area contributed by atoms with Gasteiger partial charge in [0.25, 0.3) is 0 Å². The molecule has 0 radical (unpaired) electrons. The van der Waals surface area contributed by atoms with Crippen molar-refractivity contribution in [1.29, 1.82) is 0 Å². The smallest absolute Gasteiger partial charge is 0.0284 e. The lowest BCUT2D eigenvalue weighted by Gasteiger charge is -2.50. The summed E-state index contributed by atoms with van der Waals surface area (Å²) in [6, 6.07) is 1.41. The average molecular weight is 223 g/mol. The fourth-order valence-corrected chi connectivity index (χ4v) is 3.02. The zero-order valence-electron chi connectivity index (χ0n) is 11.8. The molecule has 16 heavy (non-hydrogen) atoms. The Morgan fingerprint density at radius 1 is 1.12 bits per heavy atom. The molecule has 1 nitrogen and oxygen atoms in total. The largest absolute Gasteiger partial charge is 0.288 e. The first kappa shape index (κ1) is 13.8. The van der Waals surface area contributed by atoms with E-state index in [4.69, 9.17) is 0 Å². The summed E-state index contributed by atoms with van der Waals surface area (Å²) in [4.78, 5) is 2.80. The predicted molar refractivity (Wildman–Crippen MR) is 72.7 cm³/mol. The van der Waals surface area contributed by atoms with Gasteiger partial charge in [0, 0.05) is 17.6 Å². The van der Waals surface area contributed by atoms with Gasteiger partial charge < -0.3 is 0 Å². The van der Waals surface area contributed by atoms with Crippen LogP contribution in [0.5, 0.6) is 0 Å². The van der Waals surface area contributed by atoms with Crippen LogP contribution >= 0.6 is 0 Å². The van der Waals surface area contributed by atoms with Crippen LogP contribution in [-0.2, 0) is 0 Å². The Labute approximate surface area is 102 Å². The molecule has 0 aromatic rings. The first-order chi connectivity index (χ1) is 7.62. The molecule has 0 aliphatic carbocycles. The topological polar surface area (TPSA) is 3.24 Å². The van der Waals surface area contributed by atoms with Crippen molar-refractivity contribution in [3.63, 3.8) is 0 Å². The van der Waals surface area contributed by atoms with Crippen LogP contribution in [0.25, 0.3) is 0 Å². The van der Waals surface area contributed by atoms with Gasteiger partial charge in [-0.05, 0) is 39.0 Å². The molecule has 0 fully saturated rings. The minimum Gasteiger partial charge on any atom is -0.288 e. The fourth-order valence-electron chi connectivity index (χ4n) is 3.02. The highest BCUT2D eigenvalue weighted by Gasteiger charge is 2.37. The van der Waals surface area contributed by atoms with E-state index in [1.165, 1.54) is 32.1 Å². The van der Waals surface area contributed by atoms with E-state index in [1.807, 2.05) is 0 Å². The summed E-state index contributed by atoms with van der Waals surface area (Å²) in [5.41, 5.74) is 0.381. The van der Waals surface area contributed by atoms with E-state index in [1.54, 1.807) is 0 Å². The average Bonchev–Trinajstić information content (AvgIpc) is 2.36. The van der Waals surface area contributed by atoms with E-state index in [-0.39, 0.29) is 0 Å². The number of hydrogen-bond donors (Lipinski definition) is 0. The van der Waals surface area contributed by atoms with E-state index in [0.29, 0.717) is 11.6 Å². The Morgan fingerprint density at radius 2 is 1.75 bits per heavy atom. The maximum Gasteiger partial charge on any atom is 0.0284 e. The van der Waals surface area contributed by atoms with E-state index in [9.17, 15) is 0 Å². The standard InChI is InChI=1S/C15H29N/c1-6-13-11-10-12-14(7-2)16(13)15(5,8-3)9-4/h10-11,13-14H,6-9,12H2,1-5H3. The van der Waals surface area contributed by atoms with Crippen LogP contribution in [-0.4, -0.2) is 22.5 Å². The second-order valence-electron chi connectivity index (χ2n) is 5.31. The van der Waals surface area contributed by atoms with Gasteiger partial charge in [0.2, 0.25) is 0 Å². The van der Waals surface area contributed by atoms with Crippen molar-refractivity contribution in [2.24, 2.45) is 0 Å². The predicted octanol–water partition coefficient (Wildman–Crippen LogP) is 4.38. The summed E-state index contributed by atoms with van der Waals surface area (Å²) < 4.78 is 0. The first-order valence-electron chi connectivity index (χ1n) is 7.08. The van der Waals surface area contributed by atoms with Crippen LogP contribution in [0.2, 0.25) is 0 Å². The van der Waals surface area contributed by atoms with E-state index < -0.39 is 0 Å². The van der Waals surface area contributed by atoms with E-state index in [0.717, 1.165) is 6.04 Å². The van der Waals surface area contributed by atoms with E-state index in [2.05, 4.69) is 51.7 Å². The Kier molecular flexibility index (Phi) is 5.04. The molecule has 1 aliphatic rings. The van der Waals surface area contributed by atoms with Gasteiger partial charge in [0.1, 0.15) is 0 Å². The zero-order valence-corrected chi connectivity index (χ0v) is 11.8. The Morgan fingerprint density at radius 3 is 2.19 bits per heavy atom. The molecule has 0 spiro atoms. The molecule has 2 atom stereocenters. The Hall–Kier alpha value is -0.300. The monoisotopic (exact) mass is 223 g/mol. The third kappa shape index (κ3) is 2.51. The molecule has 0 aromatic heterocycles. The lowest BCUT2D eigenvalue weighted by molar-refractivity contribution is 0.0136. The lowest BCUT2D eigenvalue weighted by Crippen LogP contribution is -2.56. The van der Waals surface area contributed by atoms with E-state index >= 15 is 0 Å². The second-order valence-corrected chi connectivity index (χ2v) is 5.31. The third-order valence-electron chi connectivity index (χ3n) is 4.55. The fraction of sp³-hybridized carbons (Fsp3) is 0.867. The maximum atomic E-state index is 2.80. The van der Waals surface area contributed by atoms with Gasteiger partial charge in [-0.25, -0.2) is 0 Å². The summed E-state index contributed by atoms with van der Waals surface area (Å²) in [5.74, 6) is 0. The molecule has 1 heterocycles. The second kappa shape index (κ2) is 5.86. The normalized spacial score (nSPS) is 27.3. The van der Waals surface area contributed by atoms with Gasteiger partial charge >= 0.3 is 0 Å². The summed E-state index contributed by atoms with van der Waals surface area (Å²) in [5, 5.41) is 0. The molecule has 0 bridgehead atoms. The number of hydrogen-bond acceptors (Lipinski definition) is 1. The first-order valence-corrected chi connectivity index (χ1v) is 7.08. The van der Waals surface area contributed by atoms with Crippen LogP contribution in [0.4, 0.5) is 0 Å². The van der Waals surface area contributed by atoms with Crippen LogP contribution in [0, 0.1) is 0 Å². The molecule has 1 rings (SSSR count). The van der Waals surface area contributed by atoms with Gasteiger partial charge in [0.15, 0.2) is 0 Å². The van der Waals surface area contributed by atoms with Gasteiger partial charge in [-0.15, -0.1) is 0 Å². The molecule has 94 valence electrons. The van der Waals surface area contributed by atoms with Gasteiger partial charge in [-0.1, -0.05) is 39.8 Å². The Bertz CT molecular complexity index is 228. The van der Waals surface area contributed by atoms with Crippen molar-refractivity contribution in [2.45, 2.75) is 84.3 Å². The van der Waals surface area contributed by atoms with Gasteiger partial charge in [-0.2, -0.15) is 0 Å². The van der Waals surface area contributed by atoms with Crippen LogP contribution in [0.3, 0.4) is 0 Å². The highest BCUT2D eigenvalue weighted by Crippen LogP contribution is 2.34. The quantitative estimate of drug-likeness (QED) is 0.625. The highest BCUT2D eigenvalue weighted by molar-refractivity contribution is 5.07. The van der Waals surface area contributed by atoms with Crippen LogP contribution in [0.1, 0.15) is 66.7 Å². The van der Waals surface area contributed by atoms with Gasteiger partial charge in [-0.3, -0.25) is 4.90 Å². The number of rotatable bonds is 5. The molecule has 1 aliphatic heterocycles. The molecule has 0 saturated carbocycles. The van der Waals surface area contributed by atoms with Crippen molar-refractivity contribution in [1.82, 2.24) is 4.90 Å². The minimum absolute atomic E-state index is 0.381. The molecule has 1 heteroatoms. The van der Waals surface area contributed by atoms with Gasteiger partial charge in [0.05, 0.1) is 0 Å². The summed E-state index contributed by atoms with van der Waals surface area (Å²) >= 11 is 0. The van der Waals surface area contributed by atoms with Crippen molar-refractivity contribution >= 4 is 0 Å². The SMILES string of the molecule is CCC1C=CCC(CC)N1C(C)(CC)CC. The van der Waals surface area contributed by atoms with Crippen molar-refractivity contribution in [2.75, 3.05) is 0 Å². The molecule has 0 amide bonds.